The Bertz CT molecular complexity index is 1130. The highest BCUT2D eigenvalue weighted by atomic mass is 32.2. The van der Waals surface area contributed by atoms with Gasteiger partial charge < -0.3 is 4.90 Å². The van der Waals surface area contributed by atoms with Crippen LogP contribution in [0, 0.1) is 34.6 Å². The predicted octanol–water partition coefficient (Wildman–Crippen LogP) is 3.26. The molecule has 0 aliphatic carbocycles. The zero-order chi connectivity index (χ0) is 21.6. The van der Waals surface area contributed by atoms with E-state index in [0.29, 0.717) is 23.7 Å². The third-order valence-electron chi connectivity index (χ3n) is 6.01. The van der Waals surface area contributed by atoms with Gasteiger partial charge in [0.1, 0.15) is 0 Å². The highest BCUT2D eigenvalue weighted by Gasteiger charge is 2.25. The predicted molar refractivity (Wildman–Crippen MR) is 118 cm³/mol. The van der Waals surface area contributed by atoms with Crippen LogP contribution in [-0.2, 0) is 19.9 Å². The highest BCUT2D eigenvalue weighted by Crippen LogP contribution is 2.31. The average Bonchev–Trinajstić information content (AvgIpc) is 2.64. The van der Waals surface area contributed by atoms with Gasteiger partial charge in [0.05, 0.1) is 22.1 Å². The number of hydrogen-bond acceptors (Lipinski definition) is 5. The van der Waals surface area contributed by atoms with E-state index in [2.05, 4.69) is 4.72 Å². The molecule has 1 N–H and O–H groups in total. The van der Waals surface area contributed by atoms with Gasteiger partial charge in [-0.2, -0.15) is 0 Å². The van der Waals surface area contributed by atoms with Crippen molar-refractivity contribution >= 4 is 31.2 Å². The molecule has 8 heteroatoms. The van der Waals surface area contributed by atoms with Gasteiger partial charge >= 0.3 is 0 Å². The summed E-state index contributed by atoms with van der Waals surface area (Å²) in [6.45, 7) is 10.4. The number of benzene rings is 2. The van der Waals surface area contributed by atoms with Gasteiger partial charge in [-0.05, 0) is 80.6 Å². The number of hydrogen-bond donors (Lipinski definition) is 1. The molecule has 0 radical (unpaired) electrons. The Kier molecular flexibility index (Phi) is 5.71. The maximum absolute atomic E-state index is 13.2. The van der Waals surface area contributed by atoms with E-state index in [1.54, 1.807) is 18.2 Å². The maximum atomic E-state index is 13.2. The van der Waals surface area contributed by atoms with Gasteiger partial charge in [-0.15, -0.1) is 0 Å². The first-order valence-electron chi connectivity index (χ1n) is 9.58. The number of sulfonamides is 1. The van der Waals surface area contributed by atoms with Crippen LogP contribution >= 0.6 is 0 Å². The van der Waals surface area contributed by atoms with Crippen LogP contribution in [-0.4, -0.2) is 41.4 Å². The number of nitrogens with one attached hydrogen (secondary N) is 1. The zero-order valence-corrected chi connectivity index (χ0v) is 19.2. The third kappa shape index (κ3) is 4.28. The van der Waals surface area contributed by atoms with E-state index in [0.717, 1.165) is 33.5 Å². The smallest absolute Gasteiger partial charge is 0.262 e. The van der Waals surface area contributed by atoms with Gasteiger partial charge in [0.2, 0.25) is 0 Å². The largest absolute Gasteiger partial charge is 0.369 e. The minimum Gasteiger partial charge on any atom is -0.369 e. The maximum Gasteiger partial charge on any atom is 0.262 e. The normalized spacial score (nSPS) is 16.7. The molecule has 0 atom stereocenters. The van der Waals surface area contributed by atoms with Crippen LogP contribution in [0.4, 0.5) is 11.4 Å². The van der Waals surface area contributed by atoms with Crippen molar-refractivity contribution in [3.63, 3.8) is 0 Å². The Morgan fingerprint density at radius 3 is 1.93 bits per heavy atom. The van der Waals surface area contributed by atoms with E-state index in [1.165, 1.54) is 0 Å². The minimum atomic E-state index is -3.77. The minimum absolute atomic E-state index is 0.114. The zero-order valence-electron chi connectivity index (χ0n) is 17.5. The van der Waals surface area contributed by atoms with Crippen molar-refractivity contribution in [2.45, 2.75) is 39.5 Å². The first kappa shape index (κ1) is 21.6. The summed E-state index contributed by atoms with van der Waals surface area (Å²) in [5, 5.41) is 0. The molecule has 1 aliphatic heterocycles. The molecule has 2 aromatic rings. The fourth-order valence-corrected chi connectivity index (χ4v) is 6.66. The molecule has 1 saturated heterocycles. The molecule has 0 saturated carbocycles. The summed E-state index contributed by atoms with van der Waals surface area (Å²) < 4.78 is 52.5. The molecule has 1 aliphatic rings. The number of nitrogens with zero attached hydrogens (tertiary/aromatic N) is 1. The van der Waals surface area contributed by atoms with Crippen molar-refractivity contribution in [2.75, 3.05) is 34.2 Å². The van der Waals surface area contributed by atoms with Crippen molar-refractivity contribution in [2.24, 2.45) is 0 Å². The SMILES string of the molecule is Cc1c(C)c(C)c(S(=O)(=O)Nc2cccc(N3CCS(=O)(=O)CC3)c2)c(C)c1C. The van der Waals surface area contributed by atoms with E-state index in [-0.39, 0.29) is 11.5 Å². The molecule has 0 amide bonds. The first-order chi connectivity index (χ1) is 13.4. The average molecular weight is 437 g/mol. The second-order valence-corrected chi connectivity index (χ2v) is 11.7. The standard InChI is InChI=1S/C21H28N2O4S2/c1-14-15(2)17(4)21(18(5)16(14)3)29(26,27)22-19-7-6-8-20(13-19)23-9-11-28(24,25)12-10-23/h6-8,13,22H,9-12H2,1-5H3. The van der Waals surface area contributed by atoms with Crippen molar-refractivity contribution in [1.82, 2.24) is 0 Å². The Hall–Kier alpha value is -2.06. The van der Waals surface area contributed by atoms with Crippen molar-refractivity contribution in [3.05, 3.63) is 52.1 Å². The summed E-state index contributed by atoms with van der Waals surface area (Å²) in [7, 11) is -6.74. The Labute approximate surface area is 173 Å². The van der Waals surface area contributed by atoms with Crippen LogP contribution in [0.25, 0.3) is 0 Å². The summed E-state index contributed by atoms with van der Waals surface area (Å²) in [6, 6.07) is 7.11. The van der Waals surface area contributed by atoms with Gasteiger partial charge in [0.15, 0.2) is 9.84 Å². The molecule has 0 spiro atoms. The van der Waals surface area contributed by atoms with Crippen LogP contribution in [0.1, 0.15) is 27.8 Å². The monoisotopic (exact) mass is 436 g/mol. The van der Waals surface area contributed by atoms with Crippen LogP contribution < -0.4 is 9.62 Å². The van der Waals surface area contributed by atoms with Gasteiger partial charge in [-0.25, -0.2) is 16.8 Å². The molecule has 0 aromatic heterocycles. The number of anilines is 2. The van der Waals surface area contributed by atoms with E-state index in [4.69, 9.17) is 0 Å². The lowest BCUT2D eigenvalue weighted by molar-refractivity contribution is 0.586. The van der Waals surface area contributed by atoms with E-state index < -0.39 is 19.9 Å². The molecule has 3 rings (SSSR count). The van der Waals surface area contributed by atoms with Crippen molar-refractivity contribution in [1.29, 1.82) is 0 Å². The first-order valence-corrected chi connectivity index (χ1v) is 12.9. The van der Waals surface area contributed by atoms with Crippen LogP contribution in [0.3, 0.4) is 0 Å². The second-order valence-electron chi connectivity index (χ2n) is 7.75. The van der Waals surface area contributed by atoms with Crippen molar-refractivity contribution in [3.8, 4) is 0 Å². The Balaban J connectivity index is 1.93. The molecule has 29 heavy (non-hydrogen) atoms. The molecular formula is C21H28N2O4S2. The summed E-state index contributed by atoms with van der Waals surface area (Å²) in [5.41, 5.74) is 5.87. The molecule has 2 aromatic carbocycles. The summed E-state index contributed by atoms with van der Waals surface area (Å²) in [6.07, 6.45) is 0. The Morgan fingerprint density at radius 1 is 0.862 bits per heavy atom. The van der Waals surface area contributed by atoms with Crippen LogP contribution in [0.5, 0.6) is 0 Å². The summed E-state index contributed by atoms with van der Waals surface area (Å²) >= 11 is 0. The Morgan fingerprint density at radius 2 is 1.38 bits per heavy atom. The fourth-order valence-electron chi connectivity index (χ4n) is 3.81. The van der Waals surface area contributed by atoms with Crippen molar-refractivity contribution < 1.29 is 16.8 Å². The van der Waals surface area contributed by atoms with E-state index in [1.807, 2.05) is 45.6 Å². The van der Waals surface area contributed by atoms with Crippen LogP contribution in [0.15, 0.2) is 29.2 Å². The number of rotatable bonds is 4. The fraction of sp³-hybridized carbons (Fsp3) is 0.429. The molecule has 6 nitrogen and oxygen atoms in total. The highest BCUT2D eigenvalue weighted by molar-refractivity contribution is 7.92. The van der Waals surface area contributed by atoms with E-state index >= 15 is 0 Å². The summed E-state index contributed by atoms with van der Waals surface area (Å²) in [4.78, 5) is 2.29. The van der Waals surface area contributed by atoms with Gasteiger partial charge in [-0.3, -0.25) is 4.72 Å². The molecule has 0 bridgehead atoms. The van der Waals surface area contributed by atoms with Gasteiger partial charge in [0.25, 0.3) is 10.0 Å². The van der Waals surface area contributed by atoms with Crippen LogP contribution in [0.2, 0.25) is 0 Å². The summed E-state index contributed by atoms with van der Waals surface area (Å²) in [5.74, 6) is 0.229. The van der Waals surface area contributed by atoms with Gasteiger partial charge in [-0.1, -0.05) is 6.07 Å². The lowest BCUT2D eigenvalue weighted by atomic mass is 9.95. The van der Waals surface area contributed by atoms with E-state index in [9.17, 15) is 16.8 Å². The molecule has 0 unspecified atom stereocenters. The molecular weight excluding hydrogens is 408 g/mol. The second kappa shape index (κ2) is 7.65. The molecule has 158 valence electrons. The molecule has 1 fully saturated rings. The quantitative estimate of drug-likeness (QED) is 0.795. The number of sulfone groups is 1. The third-order valence-corrected chi connectivity index (χ3v) is 9.27. The molecule has 1 heterocycles. The van der Waals surface area contributed by atoms with Gasteiger partial charge in [0, 0.05) is 18.8 Å². The topological polar surface area (TPSA) is 83.6 Å². The lowest BCUT2D eigenvalue weighted by Crippen LogP contribution is -2.40. The lowest BCUT2D eigenvalue weighted by Gasteiger charge is -2.29.